The number of aryl methyl sites for hydroxylation is 1. The summed E-state index contributed by atoms with van der Waals surface area (Å²) in [5.41, 5.74) is 8.41. The zero-order valence-corrected chi connectivity index (χ0v) is 11.0. The van der Waals surface area contributed by atoms with Crippen LogP contribution in [0.2, 0.25) is 10.0 Å². The number of nitrogen functional groups attached to an aromatic ring is 1. The van der Waals surface area contributed by atoms with Crippen molar-refractivity contribution in [2.45, 2.75) is 6.92 Å². The van der Waals surface area contributed by atoms with Gasteiger partial charge in [-0.15, -0.1) is 0 Å². The normalized spacial score (nSPS) is 10.1. The van der Waals surface area contributed by atoms with Gasteiger partial charge in [0.05, 0.1) is 21.3 Å². The summed E-state index contributed by atoms with van der Waals surface area (Å²) < 4.78 is 0. The van der Waals surface area contributed by atoms with Crippen LogP contribution in [0.1, 0.15) is 11.1 Å². The van der Waals surface area contributed by atoms with Crippen molar-refractivity contribution >= 4 is 29.0 Å². The summed E-state index contributed by atoms with van der Waals surface area (Å²) in [4.78, 5) is 4.20. The maximum atomic E-state index is 8.93. The van der Waals surface area contributed by atoms with Crippen LogP contribution in [0.4, 0.5) is 5.82 Å². The molecule has 0 bridgehead atoms. The number of nitrogens with zero attached hydrogens (tertiary/aromatic N) is 2. The van der Waals surface area contributed by atoms with Crippen molar-refractivity contribution in [2.24, 2.45) is 0 Å². The van der Waals surface area contributed by atoms with Crippen LogP contribution < -0.4 is 5.73 Å². The fourth-order valence-corrected chi connectivity index (χ4v) is 1.94. The highest BCUT2D eigenvalue weighted by Gasteiger charge is 2.09. The van der Waals surface area contributed by atoms with E-state index in [0.717, 1.165) is 11.1 Å². The van der Waals surface area contributed by atoms with Crippen molar-refractivity contribution in [1.29, 1.82) is 5.26 Å². The zero-order chi connectivity index (χ0) is 13.3. The molecule has 0 amide bonds. The number of hydrogen-bond acceptors (Lipinski definition) is 3. The summed E-state index contributed by atoms with van der Waals surface area (Å²) in [5, 5.41) is 9.87. The van der Waals surface area contributed by atoms with Gasteiger partial charge >= 0.3 is 0 Å². The molecule has 90 valence electrons. The second-order valence-corrected chi connectivity index (χ2v) is 4.64. The van der Waals surface area contributed by atoms with Crippen molar-refractivity contribution in [2.75, 3.05) is 5.73 Å². The third-order valence-electron chi connectivity index (χ3n) is 2.57. The largest absolute Gasteiger partial charge is 0.383 e. The first-order valence-electron chi connectivity index (χ1n) is 5.15. The molecule has 0 fully saturated rings. The molecular weight excluding hydrogens is 269 g/mol. The van der Waals surface area contributed by atoms with Crippen LogP contribution in [0.3, 0.4) is 0 Å². The molecule has 0 spiro atoms. The van der Waals surface area contributed by atoms with Crippen LogP contribution >= 0.6 is 23.2 Å². The van der Waals surface area contributed by atoms with E-state index in [9.17, 15) is 0 Å². The molecule has 0 atom stereocenters. The Morgan fingerprint density at radius 3 is 2.50 bits per heavy atom. The Balaban J connectivity index is 2.59. The Morgan fingerprint density at radius 2 is 1.94 bits per heavy atom. The van der Waals surface area contributed by atoms with Gasteiger partial charge in [-0.2, -0.15) is 5.26 Å². The highest BCUT2D eigenvalue weighted by molar-refractivity contribution is 6.42. The maximum absolute atomic E-state index is 8.93. The van der Waals surface area contributed by atoms with E-state index in [-0.39, 0.29) is 5.82 Å². The molecule has 0 unspecified atom stereocenters. The van der Waals surface area contributed by atoms with Gasteiger partial charge in [-0.1, -0.05) is 29.3 Å². The number of benzene rings is 1. The predicted octanol–water partition coefficient (Wildman–Crippen LogP) is 3.82. The molecule has 0 aliphatic rings. The number of anilines is 1. The number of halogens is 2. The Labute approximate surface area is 115 Å². The van der Waals surface area contributed by atoms with Gasteiger partial charge in [0, 0.05) is 5.56 Å². The SMILES string of the molecule is Cc1cc(-c2ccc(Cl)c(Cl)c2)nc(N)c1C#N. The number of pyridine rings is 1. The Morgan fingerprint density at radius 1 is 1.22 bits per heavy atom. The van der Waals surface area contributed by atoms with E-state index >= 15 is 0 Å². The molecule has 0 radical (unpaired) electrons. The van der Waals surface area contributed by atoms with E-state index < -0.39 is 0 Å². The van der Waals surface area contributed by atoms with Gasteiger partial charge in [0.25, 0.3) is 0 Å². The Hall–Kier alpha value is -1.76. The molecule has 2 aromatic rings. The first-order chi connectivity index (χ1) is 8.52. The van der Waals surface area contributed by atoms with Crippen LogP contribution in [-0.2, 0) is 0 Å². The molecule has 5 heteroatoms. The highest BCUT2D eigenvalue weighted by atomic mass is 35.5. The number of nitrogens with two attached hydrogens (primary N) is 1. The lowest BCUT2D eigenvalue weighted by molar-refractivity contribution is 1.26. The molecule has 1 aromatic heterocycles. The molecule has 2 N–H and O–H groups in total. The van der Waals surface area contributed by atoms with Crippen LogP contribution in [0.15, 0.2) is 24.3 Å². The van der Waals surface area contributed by atoms with Crippen LogP contribution in [0.5, 0.6) is 0 Å². The van der Waals surface area contributed by atoms with Crippen LogP contribution in [0.25, 0.3) is 11.3 Å². The first-order valence-corrected chi connectivity index (χ1v) is 5.91. The first kappa shape index (κ1) is 12.7. The lowest BCUT2D eigenvalue weighted by atomic mass is 10.1. The Kier molecular flexibility index (Phi) is 3.42. The second-order valence-electron chi connectivity index (χ2n) is 3.83. The fourth-order valence-electron chi connectivity index (χ4n) is 1.65. The Bertz CT molecular complexity index is 637. The van der Waals surface area contributed by atoms with Gasteiger partial charge in [0.1, 0.15) is 11.9 Å². The molecule has 3 nitrogen and oxygen atoms in total. The number of nitriles is 1. The highest BCUT2D eigenvalue weighted by Crippen LogP contribution is 2.29. The standard InChI is InChI=1S/C13H9Cl2N3/c1-7-4-12(18-13(17)9(7)6-16)8-2-3-10(14)11(15)5-8/h2-5H,1H3,(H2,17,18). The van der Waals surface area contributed by atoms with Gasteiger partial charge in [0.15, 0.2) is 0 Å². The van der Waals surface area contributed by atoms with Crippen molar-refractivity contribution < 1.29 is 0 Å². The van der Waals surface area contributed by atoms with Crippen molar-refractivity contribution in [3.63, 3.8) is 0 Å². The third kappa shape index (κ3) is 2.26. The molecule has 0 aliphatic heterocycles. The van der Waals surface area contributed by atoms with Gasteiger partial charge in [0.2, 0.25) is 0 Å². The molecule has 1 heterocycles. The monoisotopic (exact) mass is 277 g/mol. The van der Waals surface area contributed by atoms with E-state index in [1.165, 1.54) is 0 Å². The van der Waals surface area contributed by atoms with Crippen LogP contribution in [-0.4, -0.2) is 4.98 Å². The molecular formula is C13H9Cl2N3. The molecule has 2 rings (SSSR count). The minimum absolute atomic E-state index is 0.221. The summed E-state index contributed by atoms with van der Waals surface area (Å²) in [7, 11) is 0. The second kappa shape index (κ2) is 4.85. The molecule has 18 heavy (non-hydrogen) atoms. The van der Waals surface area contributed by atoms with E-state index in [1.54, 1.807) is 18.2 Å². The number of aromatic nitrogens is 1. The number of hydrogen-bond donors (Lipinski definition) is 1. The average molecular weight is 278 g/mol. The fraction of sp³-hybridized carbons (Fsp3) is 0.0769. The summed E-state index contributed by atoms with van der Waals surface area (Å²) >= 11 is 11.8. The molecule has 0 saturated heterocycles. The summed E-state index contributed by atoms with van der Waals surface area (Å²) in [5.74, 6) is 0.221. The van der Waals surface area contributed by atoms with Crippen LogP contribution in [0, 0.1) is 18.3 Å². The molecule has 0 saturated carbocycles. The van der Waals surface area contributed by atoms with Gasteiger partial charge in [-0.3, -0.25) is 0 Å². The summed E-state index contributed by atoms with van der Waals surface area (Å²) in [6, 6.07) is 9.05. The zero-order valence-electron chi connectivity index (χ0n) is 9.54. The van der Waals surface area contributed by atoms with Crippen molar-refractivity contribution in [1.82, 2.24) is 4.98 Å². The van der Waals surface area contributed by atoms with E-state index in [1.807, 2.05) is 19.1 Å². The van der Waals surface area contributed by atoms with Gasteiger partial charge < -0.3 is 5.73 Å². The number of rotatable bonds is 1. The van der Waals surface area contributed by atoms with Crippen molar-refractivity contribution in [3.8, 4) is 17.3 Å². The maximum Gasteiger partial charge on any atom is 0.142 e. The lowest BCUT2D eigenvalue weighted by Gasteiger charge is -2.07. The predicted molar refractivity (Wildman–Crippen MR) is 73.6 cm³/mol. The van der Waals surface area contributed by atoms with Gasteiger partial charge in [-0.25, -0.2) is 4.98 Å². The quantitative estimate of drug-likeness (QED) is 0.862. The van der Waals surface area contributed by atoms with E-state index in [2.05, 4.69) is 4.98 Å². The van der Waals surface area contributed by atoms with Crippen molar-refractivity contribution in [3.05, 3.63) is 45.4 Å². The summed E-state index contributed by atoms with van der Waals surface area (Å²) in [6.45, 7) is 1.82. The summed E-state index contributed by atoms with van der Waals surface area (Å²) in [6.07, 6.45) is 0. The molecule has 1 aromatic carbocycles. The minimum atomic E-state index is 0.221. The average Bonchev–Trinajstić information content (AvgIpc) is 2.32. The topological polar surface area (TPSA) is 62.7 Å². The third-order valence-corrected chi connectivity index (χ3v) is 3.31. The van der Waals surface area contributed by atoms with Gasteiger partial charge in [-0.05, 0) is 30.7 Å². The lowest BCUT2D eigenvalue weighted by Crippen LogP contribution is -1.99. The minimum Gasteiger partial charge on any atom is -0.383 e. The smallest absolute Gasteiger partial charge is 0.142 e. The van der Waals surface area contributed by atoms with E-state index in [0.29, 0.717) is 21.3 Å². The molecule has 0 aliphatic carbocycles. The van der Waals surface area contributed by atoms with E-state index in [4.69, 9.17) is 34.2 Å².